The Labute approximate surface area is 88.0 Å². The van der Waals surface area contributed by atoms with E-state index in [9.17, 15) is 19.4 Å². The van der Waals surface area contributed by atoms with Crippen molar-refractivity contribution in [2.45, 2.75) is 0 Å². The molecule has 0 aliphatic rings. The average molecular weight is 223 g/mol. The Kier molecular flexibility index (Phi) is 3.04. The van der Waals surface area contributed by atoms with Crippen molar-refractivity contribution >= 4 is 23.3 Å². The van der Waals surface area contributed by atoms with E-state index in [1.54, 1.807) is 0 Å². The third kappa shape index (κ3) is 1.75. The van der Waals surface area contributed by atoms with Gasteiger partial charge in [-0.25, -0.2) is 4.79 Å². The average Bonchev–Trinajstić information content (AvgIpc) is 2.26. The zero-order valence-corrected chi connectivity index (χ0v) is 7.71. The molecule has 0 unspecified atom stereocenters. The maximum absolute atomic E-state index is 10.9. The van der Waals surface area contributed by atoms with Crippen LogP contribution in [0.3, 0.4) is 0 Å². The van der Waals surface area contributed by atoms with Crippen LogP contribution in [0.25, 0.3) is 0 Å². The van der Waals surface area contributed by atoms with Crippen LogP contribution in [0.5, 0.6) is 0 Å². The van der Waals surface area contributed by atoms with Crippen molar-refractivity contribution in [2.24, 2.45) is 16.1 Å². The molecule has 0 heterocycles. The quantitative estimate of drug-likeness (QED) is 0.739. The molecule has 0 spiro atoms. The molecule has 0 radical (unpaired) electrons. The third-order valence-corrected chi connectivity index (χ3v) is 1.83. The highest BCUT2D eigenvalue weighted by molar-refractivity contribution is 6.05. The summed E-state index contributed by atoms with van der Waals surface area (Å²) in [5, 5.41) is 13.5. The lowest BCUT2D eigenvalue weighted by atomic mass is 10.1. The Morgan fingerprint density at radius 3 is 1.88 bits per heavy atom. The van der Waals surface area contributed by atoms with Gasteiger partial charge in [0.15, 0.2) is 11.4 Å². The molecular formula is C8H5N3O5. The molecule has 3 N–H and O–H groups in total. The fourth-order valence-electron chi connectivity index (χ4n) is 1.14. The maximum atomic E-state index is 10.9. The summed E-state index contributed by atoms with van der Waals surface area (Å²) in [4.78, 5) is 42.4. The van der Waals surface area contributed by atoms with Crippen molar-refractivity contribution in [1.82, 2.24) is 0 Å². The topological polar surface area (TPSA) is 139 Å². The molecule has 16 heavy (non-hydrogen) atoms. The van der Waals surface area contributed by atoms with E-state index in [4.69, 9.17) is 10.8 Å². The smallest absolute Gasteiger partial charge is 0.338 e. The fraction of sp³-hybridized carbons (Fsp3) is 0. The van der Waals surface area contributed by atoms with Crippen molar-refractivity contribution in [1.29, 1.82) is 0 Å². The van der Waals surface area contributed by atoms with Crippen LogP contribution in [0.1, 0.15) is 20.7 Å². The van der Waals surface area contributed by atoms with Gasteiger partial charge >= 0.3 is 5.97 Å². The monoisotopic (exact) mass is 223 g/mol. The Hall–Kier alpha value is -2.64. The van der Waals surface area contributed by atoms with Crippen molar-refractivity contribution in [3.8, 4) is 0 Å². The van der Waals surface area contributed by atoms with Gasteiger partial charge in [0.25, 0.3) is 5.91 Å². The molecule has 1 rings (SSSR count). The Morgan fingerprint density at radius 2 is 1.50 bits per heavy atom. The normalized spacial score (nSPS) is 9.50. The van der Waals surface area contributed by atoms with E-state index in [0.29, 0.717) is 0 Å². The van der Waals surface area contributed by atoms with E-state index in [1.165, 1.54) is 0 Å². The number of aromatic carboxylic acids is 1. The summed E-state index contributed by atoms with van der Waals surface area (Å²) in [6.07, 6.45) is 0. The zero-order valence-electron chi connectivity index (χ0n) is 7.71. The van der Waals surface area contributed by atoms with Gasteiger partial charge in [0.1, 0.15) is 0 Å². The number of benzene rings is 1. The van der Waals surface area contributed by atoms with E-state index in [2.05, 4.69) is 10.4 Å². The lowest BCUT2D eigenvalue weighted by Crippen LogP contribution is -2.12. The molecule has 0 bridgehead atoms. The number of carbonyl (C=O) groups is 2. The minimum atomic E-state index is -1.46. The zero-order chi connectivity index (χ0) is 12.3. The first-order chi connectivity index (χ1) is 7.52. The standard InChI is InChI=1S/C8H5N3O5/c9-7(12)3-1-2-4(8(13)14)6(11-16)5(3)10-15/h1-2H,(H2,9,12)(H,13,14). The number of carboxylic acids is 1. The van der Waals surface area contributed by atoms with Gasteiger partial charge in [0.05, 0.1) is 11.1 Å². The molecule has 0 saturated heterocycles. The summed E-state index contributed by atoms with van der Waals surface area (Å²) in [5.41, 5.74) is 2.67. The second-order valence-corrected chi connectivity index (χ2v) is 2.71. The molecule has 0 aliphatic heterocycles. The van der Waals surface area contributed by atoms with E-state index in [0.717, 1.165) is 12.1 Å². The van der Waals surface area contributed by atoms with Crippen LogP contribution in [0, 0.1) is 9.81 Å². The maximum Gasteiger partial charge on any atom is 0.338 e. The number of nitrogens with two attached hydrogens (primary N) is 1. The molecule has 0 aliphatic carbocycles. The largest absolute Gasteiger partial charge is 0.478 e. The molecule has 0 aromatic heterocycles. The Morgan fingerprint density at radius 1 is 1.06 bits per heavy atom. The van der Waals surface area contributed by atoms with Crippen molar-refractivity contribution in [3.05, 3.63) is 33.1 Å². The van der Waals surface area contributed by atoms with Crippen molar-refractivity contribution in [3.63, 3.8) is 0 Å². The van der Waals surface area contributed by atoms with Gasteiger partial charge < -0.3 is 10.8 Å². The van der Waals surface area contributed by atoms with Crippen molar-refractivity contribution < 1.29 is 14.7 Å². The van der Waals surface area contributed by atoms with Crippen LogP contribution < -0.4 is 5.73 Å². The van der Waals surface area contributed by atoms with Gasteiger partial charge in [-0.1, -0.05) is 0 Å². The number of rotatable bonds is 4. The predicted molar refractivity (Wildman–Crippen MR) is 52.8 cm³/mol. The highest BCUT2D eigenvalue weighted by Crippen LogP contribution is 2.35. The molecule has 1 aromatic carbocycles. The number of carboxylic acid groups (broad SMARTS) is 1. The van der Waals surface area contributed by atoms with E-state index >= 15 is 0 Å². The summed E-state index contributed by atoms with van der Waals surface area (Å²) < 4.78 is 0. The number of hydrogen-bond acceptors (Lipinski definition) is 6. The predicted octanol–water partition coefficient (Wildman–Crippen LogP) is 1.28. The first-order valence-electron chi connectivity index (χ1n) is 3.89. The molecular weight excluding hydrogens is 218 g/mol. The second kappa shape index (κ2) is 4.26. The van der Waals surface area contributed by atoms with Crippen LogP contribution in [0.2, 0.25) is 0 Å². The Bertz CT molecular complexity index is 452. The van der Waals surface area contributed by atoms with Gasteiger partial charge in [-0.05, 0) is 22.5 Å². The van der Waals surface area contributed by atoms with E-state index < -0.39 is 28.8 Å². The number of carbonyl (C=O) groups excluding carboxylic acids is 1. The number of primary amides is 1. The Balaban J connectivity index is 3.65. The summed E-state index contributed by atoms with van der Waals surface area (Å²) in [6, 6.07) is 1.95. The van der Waals surface area contributed by atoms with E-state index in [-0.39, 0.29) is 5.56 Å². The SMILES string of the molecule is NC(=O)c1ccc(C(=O)O)c(N=O)c1N=O. The first-order valence-corrected chi connectivity index (χ1v) is 3.89. The molecule has 1 aromatic rings. The number of nitrogens with zero attached hydrogens (tertiary/aromatic N) is 2. The van der Waals surface area contributed by atoms with Gasteiger partial charge in [0, 0.05) is 0 Å². The first kappa shape index (κ1) is 11.4. The third-order valence-electron chi connectivity index (χ3n) is 1.83. The summed E-state index contributed by atoms with van der Waals surface area (Å²) >= 11 is 0. The highest BCUT2D eigenvalue weighted by Gasteiger charge is 2.21. The van der Waals surface area contributed by atoms with Crippen molar-refractivity contribution in [2.75, 3.05) is 0 Å². The van der Waals surface area contributed by atoms with Crippen LogP contribution in [0.4, 0.5) is 11.4 Å². The molecule has 0 atom stereocenters. The van der Waals surface area contributed by atoms with Crippen LogP contribution in [0.15, 0.2) is 22.5 Å². The minimum absolute atomic E-state index is 0.352. The molecule has 82 valence electrons. The highest BCUT2D eigenvalue weighted by atomic mass is 16.4. The van der Waals surface area contributed by atoms with E-state index in [1.807, 2.05) is 0 Å². The molecule has 1 amide bonds. The minimum Gasteiger partial charge on any atom is -0.478 e. The number of nitroso groups, excluding NO2 is 2. The lowest BCUT2D eigenvalue weighted by molar-refractivity contribution is 0.0697. The molecule has 8 nitrogen and oxygen atoms in total. The van der Waals surface area contributed by atoms with Crippen LogP contribution in [-0.4, -0.2) is 17.0 Å². The van der Waals surface area contributed by atoms with Gasteiger partial charge in [0.2, 0.25) is 0 Å². The second-order valence-electron chi connectivity index (χ2n) is 2.71. The number of amides is 1. The molecule has 0 saturated carbocycles. The summed E-state index contributed by atoms with van der Waals surface area (Å²) in [7, 11) is 0. The lowest BCUT2D eigenvalue weighted by Gasteiger charge is -2.03. The molecule has 8 heteroatoms. The summed E-state index contributed by atoms with van der Waals surface area (Å²) in [5.74, 6) is -2.47. The van der Waals surface area contributed by atoms with Gasteiger partial charge in [-0.2, -0.15) is 0 Å². The van der Waals surface area contributed by atoms with Crippen LogP contribution >= 0.6 is 0 Å². The molecule has 0 fully saturated rings. The van der Waals surface area contributed by atoms with Crippen LogP contribution in [-0.2, 0) is 0 Å². The van der Waals surface area contributed by atoms with Gasteiger partial charge in [-0.15, -0.1) is 9.81 Å². The van der Waals surface area contributed by atoms with Gasteiger partial charge in [-0.3, -0.25) is 4.79 Å². The summed E-state index contributed by atoms with van der Waals surface area (Å²) in [6.45, 7) is 0. The fourth-order valence-corrected chi connectivity index (χ4v) is 1.14. The number of hydrogen-bond donors (Lipinski definition) is 2.